The van der Waals surface area contributed by atoms with Crippen LogP contribution in [0.3, 0.4) is 0 Å². The number of ether oxygens (including phenoxy) is 4. The third-order valence-electron chi connectivity index (χ3n) is 13.0. The summed E-state index contributed by atoms with van der Waals surface area (Å²) in [5, 5.41) is 9.57. The molecule has 0 radical (unpaired) electrons. The van der Waals surface area contributed by atoms with Crippen molar-refractivity contribution in [3.05, 3.63) is 126 Å². The predicted octanol–water partition coefficient (Wildman–Crippen LogP) is 3.14. The van der Waals surface area contributed by atoms with Crippen LogP contribution in [0, 0.1) is 0 Å². The lowest BCUT2D eigenvalue weighted by molar-refractivity contribution is -0.162. The Labute approximate surface area is 438 Å². The van der Waals surface area contributed by atoms with Crippen LogP contribution in [0.15, 0.2) is 104 Å². The Hall–Kier alpha value is -7.00. The summed E-state index contributed by atoms with van der Waals surface area (Å²) < 4.78 is 24.1. The molecule has 2 saturated heterocycles. The summed E-state index contributed by atoms with van der Waals surface area (Å²) in [5.74, 6) is -4.92. The zero-order valence-electron chi connectivity index (χ0n) is 44.3. The predicted molar refractivity (Wildman–Crippen MR) is 275 cm³/mol. The highest BCUT2D eigenvalue weighted by atomic mass is 16.7. The Bertz CT molecular complexity index is 2500. The number of carboxylic acids is 1. The van der Waals surface area contributed by atoms with Gasteiger partial charge in [-0.05, 0) is 64.7 Å². The van der Waals surface area contributed by atoms with Gasteiger partial charge in [0.05, 0.1) is 43.9 Å². The van der Waals surface area contributed by atoms with E-state index in [1.165, 1.54) is 33.8 Å². The van der Waals surface area contributed by atoms with Crippen LogP contribution in [-0.2, 0) is 64.5 Å². The van der Waals surface area contributed by atoms with Crippen LogP contribution < -0.4 is 5.73 Å². The Morgan fingerprint density at radius 2 is 1.23 bits per heavy atom. The third-order valence-corrected chi connectivity index (χ3v) is 13.0. The second-order valence-corrected chi connectivity index (χ2v) is 20.7. The molecule has 2 aliphatic heterocycles. The van der Waals surface area contributed by atoms with Gasteiger partial charge in [0.2, 0.25) is 29.5 Å². The molecule has 5 amide bonds. The van der Waals surface area contributed by atoms with E-state index < -0.39 is 102 Å². The molecule has 3 aromatic carbocycles. The van der Waals surface area contributed by atoms with Crippen molar-refractivity contribution < 1.29 is 57.6 Å². The van der Waals surface area contributed by atoms with E-state index in [-0.39, 0.29) is 58.6 Å². The van der Waals surface area contributed by atoms with Crippen LogP contribution in [-0.4, -0.2) is 189 Å². The van der Waals surface area contributed by atoms with Gasteiger partial charge in [0, 0.05) is 59.4 Å². The number of esters is 1. The average molecular weight is 1040 g/mol. The lowest BCUT2D eigenvalue weighted by Crippen LogP contribution is -2.64. The van der Waals surface area contributed by atoms with Crippen molar-refractivity contribution in [2.75, 3.05) is 73.2 Å². The minimum absolute atomic E-state index is 0.0624. The van der Waals surface area contributed by atoms with Crippen LogP contribution in [0.25, 0.3) is 0 Å². The Balaban J connectivity index is 1.36. The SMILES string of the molecule is COC(CN(CC(=O)N1CCN(CC(=O)N2CCN(CC(=O)O)C(=O)[C@@H]2CCC(=O)OC(C)(C)C)C(=O)[C@@H]1Cc1cn(C(c2ccccc2)(c2ccccc2)c2ccccc2)cn1)C(=O)[C@@H](N)COC(C)(C)C)OC. The smallest absolute Gasteiger partial charge is 0.323 e. The van der Waals surface area contributed by atoms with Crippen LogP contribution in [0.5, 0.6) is 0 Å². The van der Waals surface area contributed by atoms with E-state index >= 15 is 4.79 Å². The van der Waals surface area contributed by atoms with E-state index in [4.69, 9.17) is 29.7 Å². The first-order chi connectivity index (χ1) is 35.6. The zero-order valence-corrected chi connectivity index (χ0v) is 44.3. The van der Waals surface area contributed by atoms with Gasteiger partial charge in [-0.25, -0.2) is 4.98 Å². The lowest BCUT2D eigenvalue weighted by atomic mass is 9.77. The van der Waals surface area contributed by atoms with E-state index in [0.717, 1.165) is 21.6 Å². The van der Waals surface area contributed by atoms with Crippen molar-refractivity contribution in [2.45, 2.75) is 102 Å². The van der Waals surface area contributed by atoms with Crippen molar-refractivity contribution >= 4 is 41.5 Å². The fraction of sp³-hybridized carbons (Fsp3) is 0.491. The molecule has 3 heterocycles. The van der Waals surface area contributed by atoms with Crippen molar-refractivity contribution in [2.24, 2.45) is 5.73 Å². The number of carbonyl (C=O) groups is 7. The molecule has 404 valence electrons. The molecular weight excluding hydrogens is 965 g/mol. The van der Waals surface area contributed by atoms with E-state index in [0.29, 0.717) is 5.69 Å². The largest absolute Gasteiger partial charge is 0.480 e. The van der Waals surface area contributed by atoms with Crippen molar-refractivity contribution in [1.29, 1.82) is 0 Å². The third kappa shape index (κ3) is 14.4. The van der Waals surface area contributed by atoms with Gasteiger partial charge in [-0.2, -0.15) is 0 Å². The number of methoxy groups -OCH3 is 2. The van der Waals surface area contributed by atoms with Gasteiger partial charge in [0.15, 0.2) is 6.29 Å². The number of nitrogens with two attached hydrogens (primary N) is 1. The van der Waals surface area contributed by atoms with Crippen molar-refractivity contribution in [1.82, 2.24) is 34.1 Å². The maximum Gasteiger partial charge on any atom is 0.323 e. The van der Waals surface area contributed by atoms with Crippen LogP contribution in [0.2, 0.25) is 0 Å². The minimum atomic E-state index is -1.26. The molecule has 2 aliphatic rings. The molecule has 0 aliphatic carbocycles. The number of rotatable bonds is 22. The highest BCUT2D eigenvalue weighted by Gasteiger charge is 2.44. The van der Waals surface area contributed by atoms with Gasteiger partial charge in [-0.3, -0.25) is 33.6 Å². The van der Waals surface area contributed by atoms with Crippen molar-refractivity contribution in [3.63, 3.8) is 0 Å². The maximum absolute atomic E-state index is 15.1. The highest BCUT2D eigenvalue weighted by Crippen LogP contribution is 2.41. The molecule has 0 spiro atoms. The monoisotopic (exact) mass is 1040 g/mol. The molecule has 1 aromatic heterocycles. The number of carboxylic acid groups (broad SMARTS) is 1. The number of imidazole rings is 1. The summed E-state index contributed by atoms with van der Waals surface area (Å²) in [6.45, 7) is 8.27. The van der Waals surface area contributed by atoms with Crippen LogP contribution in [0.4, 0.5) is 0 Å². The summed E-state index contributed by atoms with van der Waals surface area (Å²) in [5.41, 5.74) is 7.20. The molecular formula is C55H72N8O12. The molecule has 75 heavy (non-hydrogen) atoms. The van der Waals surface area contributed by atoms with Gasteiger partial charge < -0.3 is 58.9 Å². The quantitative estimate of drug-likeness (QED) is 0.0654. The molecule has 4 aromatic rings. The highest BCUT2D eigenvalue weighted by molar-refractivity contribution is 5.95. The molecule has 3 atom stereocenters. The van der Waals surface area contributed by atoms with Gasteiger partial charge in [-0.15, -0.1) is 0 Å². The Morgan fingerprint density at radius 1 is 0.720 bits per heavy atom. The number of nitrogens with zero attached hydrogens (tertiary/aromatic N) is 7. The number of amides is 5. The fourth-order valence-electron chi connectivity index (χ4n) is 9.52. The zero-order chi connectivity index (χ0) is 54.7. The molecule has 3 N–H and O–H groups in total. The summed E-state index contributed by atoms with van der Waals surface area (Å²) in [7, 11) is 2.79. The van der Waals surface area contributed by atoms with E-state index in [2.05, 4.69) is 0 Å². The Kier molecular flexibility index (Phi) is 19.1. The molecule has 0 bridgehead atoms. The summed E-state index contributed by atoms with van der Waals surface area (Å²) in [6, 6.07) is 26.2. The molecule has 20 nitrogen and oxygen atoms in total. The van der Waals surface area contributed by atoms with E-state index in [1.807, 2.05) is 123 Å². The molecule has 2 fully saturated rings. The first-order valence-corrected chi connectivity index (χ1v) is 25.1. The number of piperazine rings is 2. The number of benzene rings is 3. The number of carbonyl (C=O) groups excluding carboxylic acids is 6. The Morgan fingerprint density at radius 3 is 1.72 bits per heavy atom. The molecule has 0 unspecified atom stereocenters. The first-order valence-electron chi connectivity index (χ1n) is 25.1. The van der Waals surface area contributed by atoms with Gasteiger partial charge >= 0.3 is 11.9 Å². The van der Waals surface area contributed by atoms with E-state index in [9.17, 15) is 33.9 Å². The minimum Gasteiger partial charge on any atom is -0.480 e. The lowest BCUT2D eigenvalue weighted by Gasteiger charge is -2.43. The molecule has 20 heteroatoms. The van der Waals surface area contributed by atoms with Crippen LogP contribution in [0.1, 0.15) is 76.8 Å². The van der Waals surface area contributed by atoms with Gasteiger partial charge in [0.1, 0.15) is 35.8 Å². The molecule has 0 saturated carbocycles. The van der Waals surface area contributed by atoms with Crippen molar-refractivity contribution in [3.8, 4) is 0 Å². The van der Waals surface area contributed by atoms with Gasteiger partial charge in [-0.1, -0.05) is 91.0 Å². The van der Waals surface area contributed by atoms with Gasteiger partial charge in [0.25, 0.3) is 0 Å². The topological polar surface area (TPSA) is 237 Å². The first kappa shape index (κ1) is 57.3. The molecule has 6 rings (SSSR count). The number of aromatic nitrogens is 2. The standard InChI is InChI=1S/C55H72N8O12/c1-53(2,3)74-36-42(56)50(69)60(35-49(72-7)73-8)33-46(65)63-29-26-58(32-45(64)62-28-27-59(34-47(66)67)51(70)43(62)24-25-48(68)75-54(4,5)6)52(71)44(63)30-41-31-61(37-57-41)55(38-18-12-9-13-19-38,39-20-14-10-15-21-39)40-22-16-11-17-23-40/h9-23,31,37,42-44,49H,24-30,32-36,56H2,1-8H3,(H,66,67)/t42-,43-,44-/m0/s1. The second kappa shape index (κ2) is 25.0. The average Bonchev–Trinajstić information content (AvgIpc) is 3.84. The maximum atomic E-state index is 15.1. The second-order valence-electron chi connectivity index (χ2n) is 20.7. The number of hydrogen-bond acceptors (Lipinski definition) is 13. The summed E-state index contributed by atoms with van der Waals surface area (Å²) >= 11 is 0. The van der Waals surface area contributed by atoms with E-state index in [1.54, 1.807) is 27.1 Å². The summed E-state index contributed by atoms with van der Waals surface area (Å²) in [4.78, 5) is 108. The normalized spacial score (nSPS) is 17.0. The van der Waals surface area contributed by atoms with Crippen LogP contribution >= 0.6 is 0 Å². The number of aliphatic carboxylic acids is 1. The fourth-order valence-corrected chi connectivity index (χ4v) is 9.52. The number of hydrogen-bond donors (Lipinski definition) is 2. The summed E-state index contributed by atoms with van der Waals surface area (Å²) in [6.07, 6.45) is 2.09.